The van der Waals surface area contributed by atoms with Gasteiger partial charge in [-0.05, 0) is 145 Å². The second kappa shape index (κ2) is 19.4. The Balaban J connectivity index is 0.000000150. The van der Waals surface area contributed by atoms with Gasteiger partial charge in [0, 0.05) is 0 Å². The molecule has 0 bridgehead atoms. The molecule has 8 aromatic rings. The van der Waals surface area contributed by atoms with Crippen LogP contribution in [0.1, 0.15) is 116 Å². The van der Waals surface area contributed by atoms with E-state index in [1.54, 1.807) is 36.4 Å². The summed E-state index contributed by atoms with van der Waals surface area (Å²) in [4.78, 5) is 0. The van der Waals surface area contributed by atoms with Gasteiger partial charge in [-0.1, -0.05) is 187 Å². The van der Waals surface area contributed by atoms with Gasteiger partial charge in [-0.25, -0.2) is 0 Å². The average Bonchev–Trinajstić information content (AvgIpc) is 3.77. The van der Waals surface area contributed by atoms with Crippen LogP contribution in [0.3, 0.4) is 0 Å². The summed E-state index contributed by atoms with van der Waals surface area (Å²) in [5.74, 6) is 2.45. The van der Waals surface area contributed by atoms with Crippen molar-refractivity contribution in [1.82, 2.24) is 0 Å². The molecule has 0 spiro atoms. The molecule has 3 N–H and O–H groups in total. The van der Waals surface area contributed by atoms with Crippen LogP contribution in [0.2, 0.25) is 0 Å². The van der Waals surface area contributed by atoms with Gasteiger partial charge in [0.1, 0.15) is 17.2 Å². The van der Waals surface area contributed by atoms with Crippen molar-refractivity contribution in [2.75, 3.05) is 0 Å². The number of hydrogen-bond donors (Lipinski definition) is 3. The Kier molecular flexibility index (Phi) is 13.6. The van der Waals surface area contributed by atoms with Crippen LogP contribution in [0.4, 0.5) is 0 Å². The highest BCUT2D eigenvalue weighted by molar-refractivity contribution is 5.92. The van der Waals surface area contributed by atoms with E-state index in [0.717, 1.165) is 30.4 Å². The van der Waals surface area contributed by atoms with Gasteiger partial charge in [0.25, 0.3) is 0 Å². The lowest BCUT2D eigenvalue weighted by molar-refractivity contribution is 0.473. The Bertz CT molecular complexity index is 2570. The van der Waals surface area contributed by atoms with E-state index in [2.05, 4.69) is 137 Å². The van der Waals surface area contributed by atoms with Crippen LogP contribution < -0.4 is 0 Å². The van der Waals surface area contributed by atoms with Gasteiger partial charge in [-0.3, -0.25) is 0 Å². The van der Waals surface area contributed by atoms with Gasteiger partial charge in [0.2, 0.25) is 0 Å². The number of rotatable bonds is 7. The molecular weight excluding hydrogens is 757 g/mol. The quantitative estimate of drug-likeness (QED) is 0.150. The summed E-state index contributed by atoms with van der Waals surface area (Å²) < 4.78 is 0. The van der Waals surface area contributed by atoms with Crippen LogP contribution in [0, 0.1) is 0 Å². The van der Waals surface area contributed by atoms with Gasteiger partial charge in [0.05, 0.1) is 5.41 Å². The topological polar surface area (TPSA) is 60.7 Å². The first-order chi connectivity index (χ1) is 30.2. The molecule has 2 aliphatic rings. The van der Waals surface area contributed by atoms with Crippen LogP contribution in [-0.2, 0) is 18.3 Å². The lowest BCUT2D eigenvalue weighted by Crippen LogP contribution is -2.28. The van der Waals surface area contributed by atoms with Crippen molar-refractivity contribution in [3.05, 3.63) is 232 Å². The average molecular weight is 817 g/mol. The van der Waals surface area contributed by atoms with Crippen molar-refractivity contribution in [2.45, 2.75) is 84.0 Å². The minimum Gasteiger partial charge on any atom is -0.508 e. The summed E-state index contributed by atoms with van der Waals surface area (Å²) in [6, 6.07) is 61.8. The van der Waals surface area contributed by atoms with Crippen molar-refractivity contribution < 1.29 is 15.3 Å². The Labute approximate surface area is 369 Å². The minimum absolute atomic E-state index is 0.249. The molecule has 62 heavy (non-hydrogen) atoms. The molecule has 3 heteroatoms. The summed E-state index contributed by atoms with van der Waals surface area (Å²) >= 11 is 0. The molecule has 10 rings (SSSR count). The molecule has 0 saturated carbocycles. The summed E-state index contributed by atoms with van der Waals surface area (Å²) in [6.07, 6.45) is 3.42. The molecule has 0 saturated heterocycles. The highest BCUT2D eigenvalue weighted by Gasteiger charge is 2.45. The molecule has 2 aliphatic carbocycles. The van der Waals surface area contributed by atoms with Gasteiger partial charge >= 0.3 is 0 Å². The Morgan fingerprint density at radius 2 is 0.903 bits per heavy atom. The predicted octanol–water partition coefficient (Wildman–Crippen LogP) is 15.2. The molecule has 0 heterocycles. The molecular formula is C59H60O3. The maximum Gasteiger partial charge on any atom is 0.115 e. The van der Waals surface area contributed by atoms with Crippen LogP contribution >= 0.6 is 0 Å². The number of aromatic hydroxyl groups is 3. The minimum atomic E-state index is -0.491. The van der Waals surface area contributed by atoms with E-state index in [-0.39, 0.29) is 11.5 Å². The van der Waals surface area contributed by atoms with Crippen LogP contribution in [0.25, 0.3) is 21.9 Å². The number of aryl methyl sites for hydroxylation is 2. The maximum atomic E-state index is 9.85. The summed E-state index contributed by atoms with van der Waals surface area (Å²) in [5, 5.41) is 32.0. The van der Waals surface area contributed by atoms with E-state index in [1.165, 1.54) is 60.8 Å². The first-order valence-corrected chi connectivity index (χ1v) is 22.4. The molecule has 8 aromatic carbocycles. The van der Waals surface area contributed by atoms with Gasteiger partial charge in [-0.2, -0.15) is 0 Å². The predicted molar refractivity (Wildman–Crippen MR) is 260 cm³/mol. The maximum absolute atomic E-state index is 9.85. The molecule has 3 nitrogen and oxygen atoms in total. The lowest BCUT2D eigenvalue weighted by atomic mass is 9.68. The highest BCUT2D eigenvalue weighted by atomic mass is 16.3. The van der Waals surface area contributed by atoms with E-state index in [0.29, 0.717) is 23.5 Å². The Hall–Kier alpha value is -6.58. The molecule has 0 aliphatic heterocycles. The summed E-state index contributed by atoms with van der Waals surface area (Å²) in [6.45, 7) is 13.0. The standard InChI is InChI=1S/C25H18O2.C22H22O.C10H14.C2H6/c26-19-13-9-17(10-14-19)25(18-11-15-20(27)16-12-18)23-7-3-1-5-21(23)22-6-2-4-8-24(22)25;1-14(16-9-11-18(23)12-10-16)13-21-15(2)19-7-3-5-17-6-4-8-20(21)22(17)19;1-3-9-5-7-10(4-2)8-6-9;1-2/h1-16,26-27H;3-12,14-15,21,23H,13H2,1-2H3;5-8H,3-4H2,1-2H3;1-2H3. The van der Waals surface area contributed by atoms with Crippen LogP contribution in [0.15, 0.2) is 182 Å². The molecule has 314 valence electrons. The third kappa shape index (κ3) is 8.50. The number of fused-ring (bicyclic) bond motifs is 3. The third-order valence-corrected chi connectivity index (χ3v) is 12.9. The second-order valence-corrected chi connectivity index (χ2v) is 16.4. The van der Waals surface area contributed by atoms with Crippen molar-refractivity contribution in [3.8, 4) is 28.4 Å². The van der Waals surface area contributed by atoms with E-state index in [1.807, 2.05) is 50.2 Å². The van der Waals surface area contributed by atoms with Crippen molar-refractivity contribution in [3.63, 3.8) is 0 Å². The lowest BCUT2D eigenvalue weighted by Gasteiger charge is -2.33. The fourth-order valence-corrected chi connectivity index (χ4v) is 9.68. The van der Waals surface area contributed by atoms with E-state index in [9.17, 15) is 15.3 Å². The van der Waals surface area contributed by atoms with E-state index in [4.69, 9.17) is 0 Å². The van der Waals surface area contributed by atoms with Gasteiger partial charge in [0.15, 0.2) is 0 Å². The second-order valence-electron chi connectivity index (χ2n) is 16.4. The van der Waals surface area contributed by atoms with Crippen molar-refractivity contribution in [2.24, 2.45) is 0 Å². The van der Waals surface area contributed by atoms with Gasteiger partial charge < -0.3 is 15.3 Å². The smallest absolute Gasteiger partial charge is 0.115 e. The van der Waals surface area contributed by atoms with Crippen molar-refractivity contribution >= 4 is 10.8 Å². The fourth-order valence-electron chi connectivity index (χ4n) is 9.68. The summed E-state index contributed by atoms with van der Waals surface area (Å²) in [5.41, 5.74) is 13.7. The fraction of sp³-hybridized carbons (Fsp3) is 0.220. The molecule has 0 aromatic heterocycles. The first kappa shape index (κ1) is 43.5. The van der Waals surface area contributed by atoms with E-state index >= 15 is 0 Å². The van der Waals surface area contributed by atoms with Crippen LogP contribution in [0.5, 0.6) is 17.2 Å². The number of hydrogen-bond acceptors (Lipinski definition) is 3. The zero-order valence-corrected chi connectivity index (χ0v) is 37.0. The first-order valence-electron chi connectivity index (χ1n) is 22.4. The molecule has 3 atom stereocenters. The zero-order valence-electron chi connectivity index (χ0n) is 37.0. The Morgan fingerprint density at radius 1 is 0.484 bits per heavy atom. The number of phenolic OH excluding ortho intramolecular Hbond substituents is 3. The SMILES string of the molecule is CC.CC(CC1c2cccc3cccc(c23)C1C)c1ccc(O)cc1.CCc1ccc(CC)cc1.Oc1ccc(C2(c3ccc(O)cc3)c3ccccc3-c3ccccc32)cc1. The number of benzene rings is 8. The van der Waals surface area contributed by atoms with Crippen LogP contribution in [-0.4, -0.2) is 15.3 Å². The molecule has 0 radical (unpaired) electrons. The zero-order chi connectivity index (χ0) is 43.8. The normalized spacial score (nSPS) is 15.4. The monoisotopic (exact) mass is 816 g/mol. The molecule has 0 fully saturated rings. The largest absolute Gasteiger partial charge is 0.508 e. The number of phenols is 3. The third-order valence-electron chi connectivity index (χ3n) is 12.9. The van der Waals surface area contributed by atoms with Gasteiger partial charge in [-0.15, -0.1) is 0 Å². The Morgan fingerprint density at radius 3 is 1.35 bits per heavy atom. The molecule has 0 amide bonds. The molecule has 3 unspecified atom stereocenters. The van der Waals surface area contributed by atoms with E-state index < -0.39 is 5.41 Å². The summed E-state index contributed by atoms with van der Waals surface area (Å²) in [7, 11) is 0. The van der Waals surface area contributed by atoms with Crippen molar-refractivity contribution in [1.29, 1.82) is 0 Å². The highest BCUT2D eigenvalue weighted by Crippen LogP contribution is 2.56.